The van der Waals surface area contributed by atoms with E-state index >= 15 is 0 Å². The molecule has 1 aromatic heterocycles. The summed E-state index contributed by atoms with van der Waals surface area (Å²) in [5.74, 6) is 0.864. The second-order valence-corrected chi connectivity index (χ2v) is 5.12. The van der Waals surface area contributed by atoms with E-state index in [0.29, 0.717) is 17.3 Å². The Kier molecular flexibility index (Phi) is 4.92. The van der Waals surface area contributed by atoms with Crippen LogP contribution in [0, 0.1) is 12.7 Å². The van der Waals surface area contributed by atoms with Gasteiger partial charge in [-0.2, -0.15) is 4.98 Å². The van der Waals surface area contributed by atoms with Gasteiger partial charge in [0.25, 0.3) is 5.89 Å². The van der Waals surface area contributed by atoms with E-state index in [1.807, 2.05) is 7.05 Å². The number of hydrogen-bond donors (Lipinski definition) is 1. The van der Waals surface area contributed by atoms with E-state index < -0.39 is 0 Å². The quantitative estimate of drug-likeness (QED) is 0.921. The van der Waals surface area contributed by atoms with Gasteiger partial charge < -0.3 is 9.84 Å². The van der Waals surface area contributed by atoms with E-state index in [1.165, 1.54) is 6.07 Å². The monoisotopic (exact) mass is 312 g/mol. The fourth-order valence-corrected chi connectivity index (χ4v) is 2.36. The highest BCUT2D eigenvalue weighted by Crippen LogP contribution is 2.24. The summed E-state index contributed by atoms with van der Waals surface area (Å²) in [6.07, 6.45) is 0. The van der Waals surface area contributed by atoms with Gasteiger partial charge in [0.15, 0.2) is 5.82 Å². The lowest BCUT2D eigenvalue weighted by molar-refractivity contribution is 0.190. The molecule has 3 rings (SSSR count). The molecule has 1 aliphatic heterocycles. The summed E-state index contributed by atoms with van der Waals surface area (Å²) in [6.45, 7) is 4.44. The largest absolute Gasteiger partial charge is 0.334 e. The minimum Gasteiger partial charge on any atom is -0.334 e. The van der Waals surface area contributed by atoms with Gasteiger partial charge in [0, 0.05) is 25.2 Å². The van der Waals surface area contributed by atoms with E-state index in [4.69, 9.17) is 4.52 Å². The van der Waals surface area contributed by atoms with Crippen molar-refractivity contribution in [1.82, 2.24) is 20.4 Å². The van der Waals surface area contributed by atoms with Crippen molar-refractivity contribution < 1.29 is 8.91 Å². The zero-order valence-electron chi connectivity index (χ0n) is 12.0. The van der Waals surface area contributed by atoms with E-state index in [1.54, 1.807) is 19.1 Å². The van der Waals surface area contributed by atoms with Crippen LogP contribution in [-0.4, -0.2) is 41.7 Å². The lowest BCUT2D eigenvalue weighted by Crippen LogP contribution is -2.44. The molecule has 0 radical (unpaired) electrons. The maximum atomic E-state index is 13.3. The number of likely N-dealkylation sites (N-methyl/N-ethyl adjacent to an activating group) is 1. The zero-order valence-corrected chi connectivity index (χ0v) is 12.8. The Morgan fingerprint density at radius 3 is 2.95 bits per heavy atom. The van der Waals surface area contributed by atoms with Gasteiger partial charge in [-0.05, 0) is 37.7 Å². The molecule has 114 valence electrons. The Bertz CT molecular complexity index is 619. The molecule has 1 fully saturated rings. The average Bonchev–Trinajstić information content (AvgIpc) is 2.92. The van der Waals surface area contributed by atoms with E-state index in [2.05, 4.69) is 20.4 Å². The van der Waals surface area contributed by atoms with Crippen molar-refractivity contribution in [2.24, 2.45) is 0 Å². The number of aryl methyl sites for hydroxylation is 1. The third-order valence-corrected chi connectivity index (χ3v) is 3.66. The van der Waals surface area contributed by atoms with Gasteiger partial charge in [-0.15, -0.1) is 12.4 Å². The van der Waals surface area contributed by atoms with Crippen molar-refractivity contribution in [1.29, 1.82) is 0 Å². The number of rotatable bonds is 2. The third kappa shape index (κ3) is 3.23. The number of halogens is 2. The summed E-state index contributed by atoms with van der Waals surface area (Å²) in [6, 6.07) is 4.91. The summed E-state index contributed by atoms with van der Waals surface area (Å²) in [7, 11) is 2.05. The number of nitrogens with one attached hydrogen (secondary N) is 1. The molecule has 0 bridgehead atoms. The summed E-state index contributed by atoms with van der Waals surface area (Å²) < 4.78 is 18.6. The first-order valence-corrected chi connectivity index (χ1v) is 6.66. The summed E-state index contributed by atoms with van der Waals surface area (Å²) >= 11 is 0. The van der Waals surface area contributed by atoms with Gasteiger partial charge >= 0.3 is 0 Å². The molecule has 1 N–H and O–H groups in total. The molecule has 21 heavy (non-hydrogen) atoms. The lowest BCUT2D eigenvalue weighted by atomic mass is 10.1. The fraction of sp³-hybridized carbons (Fsp3) is 0.429. The van der Waals surface area contributed by atoms with Gasteiger partial charge in [-0.1, -0.05) is 5.16 Å². The van der Waals surface area contributed by atoms with Crippen molar-refractivity contribution in [3.8, 4) is 11.5 Å². The Labute approximate surface area is 128 Å². The molecule has 2 aromatic rings. The molecule has 1 atom stereocenters. The number of nitrogens with zero attached hydrogens (tertiary/aromatic N) is 3. The fourth-order valence-electron chi connectivity index (χ4n) is 2.36. The number of piperazine rings is 1. The second kappa shape index (κ2) is 6.51. The Morgan fingerprint density at radius 2 is 2.24 bits per heavy atom. The maximum Gasteiger partial charge on any atom is 0.257 e. The molecular formula is C14H18ClFN4O. The predicted octanol–water partition coefficient (Wildman–Crippen LogP) is 2.18. The Balaban J connectivity index is 0.00000161. The standard InChI is InChI=1S/C14H17FN4O.ClH/c1-9-7-10(3-4-11(9)15)14-17-13(18-20-14)12-8-16-5-6-19(12)2;/h3-4,7,12,16H,5-6,8H2,1-2H3;1H. The SMILES string of the molecule is Cc1cc(-c2nc(C3CNCCN3C)no2)ccc1F.Cl. The van der Waals surface area contributed by atoms with Crippen LogP contribution in [-0.2, 0) is 0 Å². The van der Waals surface area contributed by atoms with Crippen LogP contribution in [0.25, 0.3) is 11.5 Å². The number of aromatic nitrogens is 2. The normalized spacial score (nSPS) is 19.3. The van der Waals surface area contributed by atoms with E-state index in [9.17, 15) is 4.39 Å². The summed E-state index contributed by atoms with van der Waals surface area (Å²) in [5, 5.41) is 7.37. The highest BCUT2D eigenvalue weighted by Gasteiger charge is 2.25. The van der Waals surface area contributed by atoms with Crippen LogP contribution in [0.2, 0.25) is 0 Å². The molecule has 5 nitrogen and oxygen atoms in total. The average molecular weight is 313 g/mol. The number of benzene rings is 1. The first-order chi connectivity index (χ1) is 9.65. The molecule has 1 aliphatic rings. The highest BCUT2D eigenvalue weighted by atomic mass is 35.5. The first kappa shape index (κ1) is 15.9. The minimum atomic E-state index is -0.232. The van der Waals surface area contributed by atoms with Crippen LogP contribution in [0.15, 0.2) is 22.7 Å². The van der Waals surface area contributed by atoms with Crippen LogP contribution in [0.1, 0.15) is 17.4 Å². The third-order valence-electron chi connectivity index (χ3n) is 3.66. The van der Waals surface area contributed by atoms with Crippen LogP contribution in [0.3, 0.4) is 0 Å². The van der Waals surface area contributed by atoms with Crippen LogP contribution in [0.4, 0.5) is 4.39 Å². The molecule has 2 heterocycles. The van der Waals surface area contributed by atoms with Gasteiger partial charge in [0.05, 0.1) is 6.04 Å². The molecule has 1 unspecified atom stereocenters. The van der Waals surface area contributed by atoms with E-state index in [-0.39, 0.29) is 24.3 Å². The topological polar surface area (TPSA) is 54.2 Å². The minimum absolute atomic E-state index is 0. The Morgan fingerprint density at radius 1 is 1.43 bits per heavy atom. The van der Waals surface area contributed by atoms with Crippen molar-refractivity contribution >= 4 is 12.4 Å². The van der Waals surface area contributed by atoms with Crippen molar-refractivity contribution in [2.75, 3.05) is 26.7 Å². The maximum absolute atomic E-state index is 13.3. The number of hydrogen-bond acceptors (Lipinski definition) is 5. The molecule has 1 aromatic carbocycles. The van der Waals surface area contributed by atoms with Crippen LogP contribution >= 0.6 is 12.4 Å². The molecule has 0 spiro atoms. The smallest absolute Gasteiger partial charge is 0.257 e. The summed E-state index contributed by atoms with van der Waals surface area (Å²) in [4.78, 5) is 6.64. The Hall–Kier alpha value is -1.50. The predicted molar refractivity (Wildman–Crippen MR) is 79.9 cm³/mol. The summed E-state index contributed by atoms with van der Waals surface area (Å²) in [5.41, 5.74) is 1.31. The van der Waals surface area contributed by atoms with Gasteiger partial charge in [0.1, 0.15) is 5.82 Å². The van der Waals surface area contributed by atoms with Crippen LogP contribution < -0.4 is 5.32 Å². The second-order valence-electron chi connectivity index (χ2n) is 5.12. The van der Waals surface area contributed by atoms with Gasteiger partial charge in [-0.3, -0.25) is 4.90 Å². The highest BCUT2D eigenvalue weighted by molar-refractivity contribution is 5.85. The van der Waals surface area contributed by atoms with Crippen LogP contribution in [0.5, 0.6) is 0 Å². The molecular weight excluding hydrogens is 295 g/mol. The first-order valence-electron chi connectivity index (χ1n) is 6.66. The molecule has 7 heteroatoms. The molecule has 0 aliphatic carbocycles. The molecule has 1 saturated heterocycles. The molecule has 0 amide bonds. The van der Waals surface area contributed by atoms with Gasteiger partial charge in [-0.25, -0.2) is 4.39 Å². The van der Waals surface area contributed by atoms with E-state index in [0.717, 1.165) is 25.2 Å². The molecule has 0 saturated carbocycles. The van der Waals surface area contributed by atoms with Gasteiger partial charge in [0.2, 0.25) is 0 Å². The zero-order chi connectivity index (χ0) is 14.1. The van der Waals surface area contributed by atoms with Crippen molar-refractivity contribution in [3.05, 3.63) is 35.4 Å². The van der Waals surface area contributed by atoms with Crippen molar-refractivity contribution in [2.45, 2.75) is 13.0 Å². The van der Waals surface area contributed by atoms with Crippen molar-refractivity contribution in [3.63, 3.8) is 0 Å². The lowest BCUT2D eigenvalue weighted by Gasteiger charge is -2.30.